The van der Waals surface area contributed by atoms with Crippen LogP contribution >= 0.6 is 0 Å². The fourth-order valence-electron chi connectivity index (χ4n) is 6.53. The fraction of sp³-hybridized carbons (Fsp3) is 0.737. The molecular formula is C19H24N2O2. The minimum absolute atomic E-state index is 0.151. The van der Waals surface area contributed by atoms with Crippen LogP contribution in [0.25, 0.3) is 0 Å². The lowest BCUT2D eigenvalue weighted by molar-refractivity contribution is -0.117. The van der Waals surface area contributed by atoms with Gasteiger partial charge in [0, 0.05) is 11.8 Å². The van der Waals surface area contributed by atoms with Gasteiger partial charge in [0.25, 0.3) is 0 Å². The molecule has 4 nitrogen and oxygen atoms in total. The molecule has 4 aliphatic rings. The van der Waals surface area contributed by atoms with E-state index in [1.807, 2.05) is 6.08 Å². The normalized spacial score (nSPS) is 44.9. The largest absolute Gasteiger partial charge is 0.295 e. The van der Waals surface area contributed by atoms with E-state index in [-0.39, 0.29) is 10.8 Å². The lowest BCUT2D eigenvalue weighted by Gasteiger charge is -2.57. The summed E-state index contributed by atoms with van der Waals surface area (Å²) in [5.41, 5.74) is 4.07. The van der Waals surface area contributed by atoms with Gasteiger partial charge >= 0.3 is 0 Å². The number of carbonyl (C=O) groups is 1. The number of hydrogen-bond donors (Lipinski definition) is 0. The third-order valence-electron chi connectivity index (χ3n) is 7.86. The van der Waals surface area contributed by atoms with Gasteiger partial charge in [0.2, 0.25) is 0 Å². The Hall–Kier alpha value is -1.45. The zero-order chi connectivity index (χ0) is 15.8. The first-order valence-electron chi connectivity index (χ1n) is 9.08. The minimum atomic E-state index is 0.151. The summed E-state index contributed by atoms with van der Waals surface area (Å²) < 4.78 is 5.01. The topological polar surface area (TPSA) is 56.0 Å². The van der Waals surface area contributed by atoms with E-state index in [2.05, 4.69) is 24.2 Å². The lowest BCUT2D eigenvalue weighted by atomic mass is 9.47. The van der Waals surface area contributed by atoms with Crippen LogP contribution in [0.3, 0.4) is 0 Å². The molecule has 0 aromatic carbocycles. The van der Waals surface area contributed by atoms with E-state index >= 15 is 0 Å². The maximum atomic E-state index is 11.9. The highest BCUT2D eigenvalue weighted by Gasteiger charge is 2.59. The zero-order valence-electron chi connectivity index (χ0n) is 14.0. The van der Waals surface area contributed by atoms with Gasteiger partial charge in [0.15, 0.2) is 5.78 Å². The Morgan fingerprint density at radius 2 is 1.96 bits per heavy atom. The number of aromatic nitrogens is 2. The second-order valence-corrected chi connectivity index (χ2v) is 8.69. The molecule has 5 atom stereocenters. The number of allylic oxidation sites excluding steroid dienone is 2. The van der Waals surface area contributed by atoms with Gasteiger partial charge in [0.05, 0.1) is 0 Å². The molecule has 1 aromatic heterocycles. The van der Waals surface area contributed by atoms with E-state index in [0.29, 0.717) is 11.7 Å². The summed E-state index contributed by atoms with van der Waals surface area (Å²) in [4.78, 5) is 11.9. The molecule has 4 heteroatoms. The molecule has 2 unspecified atom stereocenters. The fourth-order valence-corrected chi connectivity index (χ4v) is 6.53. The molecule has 4 aliphatic carbocycles. The molecule has 23 heavy (non-hydrogen) atoms. The second-order valence-electron chi connectivity index (χ2n) is 8.69. The van der Waals surface area contributed by atoms with Crippen LogP contribution in [-0.4, -0.2) is 16.1 Å². The van der Waals surface area contributed by atoms with Crippen molar-refractivity contribution >= 4 is 5.78 Å². The van der Waals surface area contributed by atoms with Crippen LogP contribution in [-0.2, 0) is 16.6 Å². The molecule has 122 valence electrons. The first kappa shape index (κ1) is 13.9. The highest BCUT2D eigenvalue weighted by Crippen LogP contribution is 2.64. The van der Waals surface area contributed by atoms with Crippen molar-refractivity contribution in [3.8, 4) is 0 Å². The molecule has 2 saturated carbocycles. The third kappa shape index (κ3) is 1.65. The second kappa shape index (κ2) is 4.34. The first-order valence-corrected chi connectivity index (χ1v) is 9.08. The van der Waals surface area contributed by atoms with Crippen molar-refractivity contribution in [1.29, 1.82) is 0 Å². The van der Waals surface area contributed by atoms with E-state index in [1.165, 1.54) is 24.8 Å². The van der Waals surface area contributed by atoms with Gasteiger partial charge < -0.3 is 0 Å². The number of fused-ring (bicyclic) bond motifs is 7. The average Bonchev–Trinajstić information content (AvgIpc) is 3.09. The smallest absolute Gasteiger partial charge is 0.155 e. The number of ketones is 1. The molecule has 0 saturated heterocycles. The van der Waals surface area contributed by atoms with Crippen LogP contribution < -0.4 is 0 Å². The number of nitrogens with zero attached hydrogens (tertiary/aromatic N) is 2. The van der Waals surface area contributed by atoms with Gasteiger partial charge in [0.1, 0.15) is 11.4 Å². The van der Waals surface area contributed by atoms with Crippen molar-refractivity contribution in [2.45, 2.75) is 64.2 Å². The molecule has 0 bridgehead atoms. The van der Waals surface area contributed by atoms with Crippen molar-refractivity contribution in [2.75, 3.05) is 0 Å². The van der Waals surface area contributed by atoms with Gasteiger partial charge in [-0.1, -0.05) is 29.7 Å². The summed E-state index contributed by atoms with van der Waals surface area (Å²) in [6.45, 7) is 4.81. The first-order chi connectivity index (χ1) is 11.0. The predicted molar refractivity (Wildman–Crippen MR) is 84.7 cm³/mol. The molecule has 0 spiro atoms. The Labute approximate surface area is 136 Å². The summed E-state index contributed by atoms with van der Waals surface area (Å²) >= 11 is 0. The van der Waals surface area contributed by atoms with Crippen molar-refractivity contribution < 1.29 is 9.42 Å². The van der Waals surface area contributed by atoms with Gasteiger partial charge in [-0.15, -0.1) is 0 Å². The van der Waals surface area contributed by atoms with E-state index in [0.717, 1.165) is 48.9 Å². The summed E-state index contributed by atoms with van der Waals surface area (Å²) in [5, 5.41) is 8.43. The standard InChI is InChI=1S/C19H24N2O2/c1-18-7-5-12(22)9-11(18)3-4-13-14(18)6-8-19(2)15(13)10-16-17(19)21-23-20-16/h9,13-15H,3-8,10H2,1-2H3/t13-,14?,15?,18+,19+/m0/s1. The maximum Gasteiger partial charge on any atom is 0.155 e. The highest BCUT2D eigenvalue weighted by molar-refractivity contribution is 5.91. The monoisotopic (exact) mass is 312 g/mol. The van der Waals surface area contributed by atoms with Gasteiger partial charge in [-0.3, -0.25) is 4.79 Å². The summed E-state index contributed by atoms with van der Waals surface area (Å²) in [7, 11) is 0. The lowest BCUT2D eigenvalue weighted by Crippen LogP contribution is -2.51. The van der Waals surface area contributed by atoms with Crippen LogP contribution in [0.5, 0.6) is 0 Å². The molecular weight excluding hydrogens is 288 g/mol. The van der Waals surface area contributed by atoms with E-state index < -0.39 is 0 Å². The Balaban J connectivity index is 1.54. The van der Waals surface area contributed by atoms with E-state index in [9.17, 15) is 4.79 Å². The maximum absolute atomic E-state index is 11.9. The van der Waals surface area contributed by atoms with Crippen molar-refractivity contribution in [1.82, 2.24) is 10.3 Å². The Morgan fingerprint density at radius 3 is 2.83 bits per heavy atom. The quantitative estimate of drug-likeness (QED) is 0.734. The average molecular weight is 312 g/mol. The molecule has 0 amide bonds. The van der Waals surface area contributed by atoms with Gasteiger partial charge in [-0.25, -0.2) is 4.63 Å². The number of hydrogen-bond acceptors (Lipinski definition) is 4. The number of rotatable bonds is 0. The predicted octanol–water partition coefficient (Wildman–Crippen LogP) is 3.62. The SMILES string of the molecule is C[C@@]12CCC3[C@H](CCC4=CC(=O)CC[C@]43C)C1Cc1nonc12. The number of carbonyl (C=O) groups excluding carboxylic acids is 1. The van der Waals surface area contributed by atoms with Crippen LogP contribution in [0.15, 0.2) is 16.3 Å². The highest BCUT2D eigenvalue weighted by atomic mass is 16.6. The summed E-state index contributed by atoms with van der Waals surface area (Å²) in [6.07, 6.45) is 9.55. The molecule has 1 heterocycles. The van der Waals surface area contributed by atoms with Crippen molar-refractivity contribution in [2.24, 2.45) is 23.2 Å². The van der Waals surface area contributed by atoms with Crippen LogP contribution in [0.1, 0.15) is 63.8 Å². The van der Waals surface area contributed by atoms with Crippen molar-refractivity contribution in [3.05, 3.63) is 23.0 Å². The van der Waals surface area contributed by atoms with E-state index in [1.54, 1.807) is 0 Å². The summed E-state index contributed by atoms with van der Waals surface area (Å²) in [6, 6.07) is 0. The Morgan fingerprint density at radius 1 is 1.09 bits per heavy atom. The van der Waals surface area contributed by atoms with Crippen molar-refractivity contribution in [3.63, 3.8) is 0 Å². The third-order valence-corrected chi connectivity index (χ3v) is 7.86. The zero-order valence-corrected chi connectivity index (χ0v) is 14.0. The Bertz CT molecular complexity index is 721. The molecule has 1 aromatic rings. The van der Waals surface area contributed by atoms with Crippen LogP contribution in [0.2, 0.25) is 0 Å². The molecule has 5 rings (SSSR count). The minimum Gasteiger partial charge on any atom is -0.295 e. The van der Waals surface area contributed by atoms with Gasteiger partial charge in [-0.05, 0) is 67.8 Å². The van der Waals surface area contributed by atoms with Gasteiger partial charge in [-0.2, -0.15) is 0 Å². The molecule has 0 aliphatic heterocycles. The molecule has 0 radical (unpaired) electrons. The molecule has 0 N–H and O–H groups in total. The molecule has 2 fully saturated rings. The van der Waals surface area contributed by atoms with E-state index in [4.69, 9.17) is 4.63 Å². The summed E-state index contributed by atoms with van der Waals surface area (Å²) in [5.74, 6) is 2.45. The van der Waals surface area contributed by atoms with Crippen LogP contribution in [0, 0.1) is 23.2 Å². The van der Waals surface area contributed by atoms with Crippen LogP contribution in [0.4, 0.5) is 0 Å². The Kier molecular flexibility index (Phi) is 2.63.